The van der Waals surface area contributed by atoms with Gasteiger partial charge in [0.2, 0.25) is 0 Å². The van der Waals surface area contributed by atoms with Gasteiger partial charge in [0.1, 0.15) is 23.1 Å². The highest BCUT2D eigenvalue weighted by Crippen LogP contribution is 2.47. The molecule has 1 unspecified atom stereocenters. The van der Waals surface area contributed by atoms with Crippen LogP contribution >= 0.6 is 0 Å². The topological polar surface area (TPSA) is 105 Å². The average molecular weight is 517 g/mol. The van der Waals surface area contributed by atoms with E-state index in [0.29, 0.717) is 41.4 Å². The molecule has 3 aliphatic rings. The maximum atomic E-state index is 13.8. The number of ketones is 1. The quantitative estimate of drug-likeness (QED) is 0.391. The molecule has 0 spiro atoms. The van der Waals surface area contributed by atoms with Crippen LogP contribution in [0.3, 0.4) is 0 Å². The smallest absolute Gasteiger partial charge is 0.415 e. The van der Waals surface area contributed by atoms with Crippen LogP contribution in [0.4, 0.5) is 4.79 Å². The van der Waals surface area contributed by atoms with Crippen molar-refractivity contribution in [2.24, 2.45) is 0 Å². The highest BCUT2D eigenvalue weighted by Gasteiger charge is 2.44. The van der Waals surface area contributed by atoms with Gasteiger partial charge < -0.3 is 14.4 Å². The van der Waals surface area contributed by atoms with Crippen molar-refractivity contribution in [3.05, 3.63) is 86.2 Å². The van der Waals surface area contributed by atoms with Crippen LogP contribution in [0.25, 0.3) is 5.69 Å². The second kappa shape index (κ2) is 8.61. The van der Waals surface area contributed by atoms with Crippen LogP contribution in [0.2, 0.25) is 0 Å². The van der Waals surface area contributed by atoms with E-state index in [1.54, 1.807) is 47.4 Å². The summed E-state index contributed by atoms with van der Waals surface area (Å²) in [5.41, 5.74) is 0.695. The van der Waals surface area contributed by atoms with Gasteiger partial charge in [0.05, 0.1) is 12.2 Å². The molecule has 3 aliphatic heterocycles. The Morgan fingerprint density at radius 2 is 1.71 bits per heavy atom. The van der Waals surface area contributed by atoms with Gasteiger partial charge in [0.15, 0.2) is 5.78 Å². The minimum atomic E-state index is -0.777. The number of hydrogen-bond donors (Lipinski definition) is 0. The second-order valence-electron chi connectivity index (χ2n) is 10.4. The van der Waals surface area contributed by atoms with Gasteiger partial charge in [-0.1, -0.05) is 6.08 Å². The van der Waals surface area contributed by atoms with Crippen molar-refractivity contribution in [3.63, 3.8) is 0 Å². The zero-order valence-corrected chi connectivity index (χ0v) is 21.5. The van der Waals surface area contributed by atoms with Gasteiger partial charge in [-0.25, -0.2) is 28.3 Å². The molecule has 2 aromatic carbocycles. The lowest BCUT2D eigenvalue weighted by Gasteiger charge is -2.42. The Morgan fingerprint density at radius 3 is 2.39 bits per heavy atom. The molecule has 1 saturated heterocycles. The Bertz CT molecular complexity index is 1620. The number of aromatic nitrogens is 3. The SMILES string of the molecule is CC(=O)c1ccc(-n2c(=O)n3n(c2=O)C2C(=CC3)C(C)(C)Oc3cc(OC(=O)N4CCCC4)ccc32)cc1. The number of ether oxygens (including phenoxy) is 2. The van der Waals surface area contributed by atoms with Gasteiger partial charge in [0.25, 0.3) is 0 Å². The summed E-state index contributed by atoms with van der Waals surface area (Å²) in [5.74, 6) is 0.736. The van der Waals surface area contributed by atoms with E-state index in [0.717, 1.165) is 23.0 Å². The molecule has 6 rings (SSSR count). The molecule has 0 aliphatic carbocycles. The number of hydrogen-bond acceptors (Lipinski definition) is 6. The van der Waals surface area contributed by atoms with Gasteiger partial charge in [-0.15, -0.1) is 0 Å². The number of carbonyl (C=O) groups excluding carboxylic acids is 2. The fourth-order valence-corrected chi connectivity index (χ4v) is 5.57. The minimum absolute atomic E-state index is 0.0999. The second-order valence-corrected chi connectivity index (χ2v) is 10.4. The van der Waals surface area contributed by atoms with Crippen LogP contribution in [0.1, 0.15) is 55.6 Å². The first kappa shape index (κ1) is 24.0. The molecule has 0 bridgehead atoms. The first-order chi connectivity index (χ1) is 18.2. The summed E-state index contributed by atoms with van der Waals surface area (Å²) in [6.45, 7) is 6.86. The number of amides is 1. The molecule has 3 aromatic rings. The fraction of sp³-hybridized carbons (Fsp3) is 0.357. The van der Waals surface area contributed by atoms with Crippen LogP contribution in [-0.4, -0.2) is 49.4 Å². The molecular weight excluding hydrogens is 488 g/mol. The number of likely N-dealkylation sites (tertiary alicyclic amines) is 1. The van der Waals surface area contributed by atoms with E-state index >= 15 is 0 Å². The van der Waals surface area contributed by atoms with E-state index < -0.39 is 29.1 Å². The number of benzene rings is 2. The molecule has 0 N–H and O–H groups in total. The Morgan fingerprint density at radius 1 is 1.00 bits per heavy atom. The molecule has 10 nitrogen and oxygen atoms in total. The Balaban J connectivity index is 1.43. The predicted octanol–water partition coefficient (Wildman–Crippen LogP) is 3.30. The van der Waals surface area contributed by atoms with E-state index in [4.69, 9.17) is 9.47 Å². The van der Waals surface area contributed by atoms with Crippen LogP contribution in [0.15, 0.2) is 63.7 Å². The third kappa shape index (κ3) is 3.70. The number of fused-ring (bicyclic) bond motifs is 5. The Hall–Kier alpha value is -4.34. The molecule has 4 heterocycles. The summed E-state index contributed by atoms with van der Waals surface area (Å²) >= 11 is 0. The highest BCUT2D eigenvalue weighted by molar-refractivity contribution is 5.94. The highest BCUT2D eigenvalue weighted by atomic mass is 16.6. The molecule has 1 atom stereocenters. The number of Topliss-reactive ketones (excluding diaryl/α,β-unsaturated/α-hetero) is 1. The molecule has 10 heteroatoms. The van der Waals surface area contributed by atoms with Crippen molar-refractivity contribution in [2.45, 2.75) is 51.8 Å². The molecule has 0 radical (unpaired) electrons. The van der Waals surface area contributed by atoms with Crippen molar-refractivity contribution in [1.29, 1.82) is 0 Å². The summed E-state index contributed by atoms with van der Waals surface area (Å²) in [5, 5.41) is 0. The van der Waals surface area contributed by atoms with E-state index in [9.17, 15) is 19.2 Å². The van der Waals surface area contributed by atoms with Crippen LogP contribution in [0, 0.1) is 0 Å². The Kier molecular flexibility index (Phi) is 5.44. The summed E-state index contributed by atoms with van der Waals surface area (Å²) in [6.07, 6.45) is 3.46. The standard InChI is InChI=1S/C28H28N4O6/c1-17(33)18-6-8-19(9-7-18)31-25(34)30-15-12-22-24(32(30)26(31)35)21-11-10-20(16-23(21)38-28(22,2)3)37-27(36)29-13-4-5-14-29/h6-12,16,24H,4-5,13-15H2,1-3H3. The van der Waals surface area contributed by atoms with Crippen molar-refractivity contribution < 1.29 is 19.1 Å². The molecule has 0 saturated carbocycles. The van der Waals surface area contributed by atoms with Crippen LogP contribution < -0.4 is 20.9 Å². The van der Waals surface area contributed by atoms with Gasteiger partial charge in [-0.3, -0.25) is 4.79 Å². The maximum Gasteiger partial charge on any atom is 0.415 e. The van der Waals surface area contributed by atoms with Gasteiger partial charge >= 0.3 is 17.5 Å². The number of carbonyl (C=O) groups is 2. The predicted molar refractivity (Wildman–Crippen MR) is 138 cm³/mol. The molecular formula is C28H28N4O6. The number of rotatable bonds is 3. The molecule has 1 amide bonds. The third-order valence-electron chi connectivity index (χ3n) is 7.52. The largest absolute Gasteiger partial charge is 0.483 e. The van der Waals surface area contributed by atoms with E-state index in [2.05, 4.69) is 0 Å². The number of allylic oxidation sites excluding steroid dienone is 1. The van der Waals surface area contributed by atoms with E-state index in [1.807, 2.05) is 19.9 Å². The third-order valence-corrected chi connectivity index (χ3v) is 7.52. The molecule has 196 valence electrons. The maximum absolute atomic E-state index is 13.8. The van der Waals surface area contributed by atoms with Gasteiger partial charge in [-0.05, 0) is 75.6 Å². The van der Waals surface area contributed by atoms with Crippen molar-refractivity contribution in [2.75, 3.05) is 13.1 Å². The van der Waals surface area contributed by atoms with E-state index in [1.165, 1.54) is 16.3 Å². The normalized spacial score (nSPS) is 19.1. The summed E-state index contributed by atoms with van der Waals surface area (Å²) < 4.78 is 16.0. The van der Waals surface area contributed by atoms with Gasteiger partial charge in [-0.2, -0.15) is 0 Å². The van der Waals surface area contributed by atoms with Crippen molar-refractivity contribution in [1.82, 2.24) is 18.8 Å². The van der Waals surface area contributed by atoms with Crippen molar-refractivity contribution in [3.8, 4) is 17.2 Å². The molecule has 1 aromatic heterocycles. The lowest BCUT2D eigenvalue weighted by Crippen LogP contribution is -2.46. The van der Waals surface area contributed by atoms with Crippen LogP contribution in [0.5, 0.6) is 11.5 Å². The Labute approximate surface area is 218 Å². The van der Waals surface area contributed by atoms with E-state index in [-0.39, 0.29) is 12.3 Å². The summed E-state index contributed by atoms with van der Waals surface area (Å²) in [7, 11) is 0. The molecule has 1 fully saturated rings. The van der Waals surface area contributed by atoms with Crippen LogP contribution in [-0.2, 0) is 6.54 Å². The fourth-order valence-electron chi connectivity index (χ4n) is 5.57. The monoisotopic (exact) mass is 516 g/mol. The van der Waals surface area contributed by atoms with Crippen molar-refractivity contribution >= 4 is 11.9 Å². The lowest BCUT2D eigenvalue weighted by molar-refractivity contribution is 0.101. The molecule has 38 heavy (non-hydrogen) atoms. The first-order valence-corrected chi connectivity index (χ1v) is 12.7. The summed E-state index contributed by atoms with van der Waals surface area (Å²) in [4.78, 5) is 53.1. The average Bonchev–Trinajstić information content (AvgIpc) is 3.51. The first-order valence-electron chi connectivity index (χ1n) is 12.7. The lowest BCUT2D eigenvalue weighted by atomic mass is 9.83. The van der Waals surface area contributed by atoms with Gasteiger partial charge in [0, 0.05) is 30.3 Å². The number of nitrogens with zero attached hydrogens (tertiary/aromatic N) is 4. The zero-order valence-electron chi connectivity index (χ0n) is 21.5. The summed E-state index contributed by atoms with van der Waals surface area (Å²) in [6, 6.07) is 11.0. The minimum Gasteiger partial charge on any atom is -0.483 e. The zero-order chi connectivity index (χ0) is 26.8.